The number of nitrogens with zero attached hydrogens (tertiary/aromatic N) is 3. The smallest absolute Gasteiger partial charge is 0.252 e. The van der Waals surface area contributed by atoms with E-state index in [0.717, 1.165) is 11.3 Å². The van der Waals surface area contributed by atoms with E-state index in [-0.39, 0.29) is 18.2 Å². The third-order valence-electron chi connectivity index (χ3n) is 4.32. The number of nitrogens with one attached hydrogen (secondary N) is 2. The van der Waals surface area contributed by atoms with Crippen LogP contribution in [0.1, 0.15) is 19.4 Å². The van der Waals surface area contributed by atoms with Gasteiger partial charge in [0.25, 0.3) is 5.91 Å². The Morgan fingerprint density at radius 2 is 1.93 bits per heavy atom. The summed E-state index contributed by atoms with van der Waals surface area (Å²) in [6.45, 7) is 2.48. The van der Waals surface area contributed by atoms with Gasteiger partial charge in [0.2, 0.25) is 11.9 Å². The topological polar surface area (TPSA) is 98.1 Å². The number of hydrogen-bond donors (Lipinski definition) is 2. The van der Waals surface area contributed by atoms with Gasteiger partial charge in [-0.2, -0.15) is 4.98 Å². The summed E-state index contributed by atoms with van der Waals surface area (Å²) < 4.78 is 6.86. The van der Waals surface area contributed by atoms with Gasteiger partial charge < -0.3 is 10.1 Å². The van der Waals surface area contributed by atoms with Gasteiger partial charge in [0.1, 0.15) is 11.8 Å². The number of rotatable bonds is 6. The molecule has 0 saturated carbocycles. The summed E-state index contributed by atoms with van der Waals surface area (Å²) in [5.74, 6) is 1.01. The molecule has 28 heavy (non-hydrogen) atoms. The van der Waals surface area contributed by atoms with E-state index < -0.39 is 6.04 Å². The van der Waals surface area contributed by atoms with E-state index in [1.807, 2.05) is 37.3 Å². The van der Waals surface area contributed by atoms with E-state index in [4.69, 9.17) is 4.74 Å². The van der Waals surface area contributed by atoms with Crippen LogP contribution in [0.5, 0.6) is 5.75 Å². The minimum atomic E-state index is -0.734. The molecule has 4 rings (SSSR count). The summed E-state index contributed by atoms with van der Waals surface area (Å²) in [6.07, 6.45) is -0.0381. The van der Waals surface area contributed by atoms with E-state index >= 15 is 0 Å². The number of carbonyl (C=O) groups excluding carboxylic acids is 2. The lowest BCUT2D eigenvalue weighted by atomic mass is 10.2. The first-order valence-electron chi connectivity index (χ1n) is 8.99. The Bertz CT molecular complexity index is 998. The SMILES string of the molecule is CCOc1ccc(NC(=O)C[C@H]2C(=O)Nc3nc(-c4ccccc4)nn32)cc1. The van der Waals surface area contributed by atoms with E-state index in [9.17, 15) is 9.59 Å². The highest BCUT2D eigenvalue weighted by atomic mass is 16.5. The summed E-state index contributed by atoms with van der Waals surface area (Å²) in [5, 5.41) is 9.88. The summed E-state index contributed by atoms with van der Waals surface area (Å²) in [7, 11) is 0. The van der Waals surface area contributed by atoms with Crippen LogP contribution in [0.25, 0.3) is 11.4 Å². The van der Waals surface area contributed by atoms with E-state index in [1.54, 1.807) is 24.3 Å². The molecule has 2 amide bonds. The molecule has 8 heteroatoms. The Hall–Kier alpha value is -3.68. The molecule has 1 atom stereocenters. The van der Waals surface area contributed by atoms with Gasteiger partial charge in [-0.1, -0.05) is 30.3 Å². The van der Waals surface area contributed by atoms with Crippen molar-refractivity contribution in [2.24, 2.45) is 0 Å². The molecular weight excluding hydrogens is 358 g/mol. The van der Waals surface area contributed by atoms with Gasteiger partial charge in [0, 0.05) is 11.3 Å². The van der Waals surface area contributed by atoms with Crippen molar-refractivity contribution in [3.63, 3.8) is 0 Å². The number of benzene rings is 2. The zero-order valence-electron chi connectivity index (χ0n) is 15.3. The molecule has 0 radical (unpaired) electrons. The molecule has 0 unspecified atom stereocenters. The van der Waals surface area contributed by atoms with E-state index in [2.05, 4.69) is 20.7 Å². The average Bonchev–Trinajstić information content (AvgIpc) is 3.23. The molecule has 1 aromatic heterocycles. The Kier molecular flexibility index (Phi) is 4.76. The predicted octanol–water partition coefficient (Wildman–Crippen LogP) is 2.87. The van der Waals surface area contributed by atoms with Crippen molar-refractivity contribution in [1.82, 2.24) is 14.8 Å². The molecule has 1 aliphatic rings. The van der Waals surface area contributed by atoms with Gasteiger partial charge in [0.15, 0.2) is 5.82 Å². The Labute approximate surface area is 161 Å². The third kappa shape index (κ3) is 3.57. The number of amides is 2. The van der Waals surface area contributed by atoms with Crippen molar-refractivity contribution in [2.45, 2.75) is 19.4 Å². The first-order chi connectivity index (χ1) is 13.6. The predicted molar refractivity (Wildman–Crippen MR) is 104 cm³/mol. The van der Waals surface area contributed by atoms with Crippen molar-refractivity contribution in [3.8, 4) is 17.1 Å². The Morgan fingerprint density at radius 3 is 2.64 bits per heavy atom. The average molecular weight is 377 g/mol. The van der Waals surface area contributed by atoms with Gasteiger partial charge >= 0.3 is 0 Å². The Balaban J connectivity index is 1.46. The summed E-state index contributed by atoms with van der Waals surface area (Å²) in [4.78, 5) is 29.0. The lowest BCUT2D eigenvalue weighted by molar-refractivity contribution is -0.123. The lowest BCUT2D eigenvalue weighted by Crippen LogP contribution is -2.23. The quantitative estimate of drug-likeness (QED) is 0.688. The largest absolute Gasteiger partial charge is 0.494 e. The van der Waals surface area contributed by atoms with Gasteiger partial charge in [-0.05, 0) is 31.2 Å². The summed E-state index contributed by atoms with van der Waals surface area (Å²) in [5.41, 5.74) is 1.48. The van der Waals surface area contributed by atoms with Crippen molar-refractivity contribution < 1.29 is 14.3 Å². The zero-order valence-corrected chi connectivity index (χ0v) is 15.3. The molecule has 0 saturated heterocycles. The monoisotopic (exact) mass is 377 g/mol. The molecule has 2 heterocycles. The van der Waals surface area contributed by atoms with Crippen molar-refractivity contribution >= 4 is 23.5 Å². The first kappa shape index (κ1) is 17.7. The molecule has 0 bridgehead atoms. The maximum absolute atomic E-state index is 12.4. The van der Waals surface area contributed by atoms with Crippen LogP contribution in [0.2, 0.25) is 0 Å². The van der Waals surface area contributed by atoms with Crippen LogP contribution in [0.4, 0.5) is 11.6 Å². The van der Waals surface area contributed by atoms with Crippen LogP contribution >= 0.6 is 0 Å². The second kappa shape index (κ2) is 7.51. The highest BCUT2D eigenvalue weighted by molar-refractivity contribution is 6.01. The molecule has 0 spiro atoms. The van der Waals surface area contributed by atoms with E-state index in [0.29, 0.717) is 24.1 Å². The van der Waals surface area contributed by atoms with Crippen molar-refractivity contribution in [2.75, 3.05) is 17.2 Å². The van der Waals surface area contributed by atoms with Crippen LogP contribution in [0.3, 0.4) is 0 Å². The third-order valence-corrected chi connectivity index (χ3v) is 4.32. The number of fused-ring (bicyclic) bond motifs is 1. The van der Waals surface area contributed by atoms with Crippen molar-refractivity contribution in [3.05, 3.63) is 54.6 Å². The fourth-order valence-electron chi connectivity index (χ4n) is 3.01. The van der Waals surface area contributed by atoms with Gasteiger partial charge in [-0.3, -0.25) is 14.9 Å². The van der Waals surface area contributed by atoms with Crippen LogP contribution < -0.4 is 15.4 Å². The fraction of sp³-hybridized carbons (Fsp3) is 0.200. The van der Waals surface area contributed by atoms with E-state index in [1.165, 1.54) is 4.68 Å². The normalized spacial score (nSPS) is 15.0. The number of aromatic nitrogens is 3. The molecule has 0 fully saturated rings. The molecule has 142 valence electrons. The van der Waals surface area contributed by atoms with Crippen LogP contribution in [0, 0.1) is 0 Å². The zero-order chi connectivity index (χ0) is 19.5. The molecule has 0 aliphatic carbocycles. The van der Waals surface area contributed by atoms with Crippen LogP contribution in [0.15, 0.2) is 54.6 Å². The molecule has 3 aromatic rings. The molecule has 2 N–H and O–H groups in total. The number of ether oxygens (including phenoxy) is 1. The van der Waals surface area contributed by atoms with Crippen molar-refractivity contribution in [1.29, 1.82) is 0 Å². The summed E-state index contributed by atoms with van der Waals surface area (Å²) >= 11 is 0. The van der Waals surface area contributed by atoms with Crippen LogP contribution in [-0.4, -0.2) is 33.2 Å². The minimum Gasteiger partial charge on any atom is -0.494 e. The maximum Gasteiger partial charge on any atom is 0.252 e. The van der Waals surface area contributed by atoms with Crippen LogP contribution in [-0.2, 0) is 9.59 Å². The molecule has 1 aliphatic heterocycles. The number of hydrogen-bond acceptors (Lipinski definition) is 5. The summed E-state index contributed by atoms with van der Waals surface area (Å²) in [6, 6.07) is 15.8. The molecule has 2 aromatic carbocycles. The minimum absolute atomic E-state index is 0.0381. The molecule has 8 nitrogen and oxygen atoms in total. The highest BCUT2D eigenvalue weighted by Crippen LogP contribution is 2.28. The van der Waals surface area contributed by atoms with Gasteiger partial charge in [-0.15, -0.1) is 5.10 Å². The standard InChI is InChI=1S/C20H19N5O3/c1-2-28-15-10-8-14(9-11-15)21-17(26)12-16-19(27)23-20-22-18(24-25(16)20)13-6-4-3-5-7-13/h3-11,16H,2,12H2,1H3,(H,21,26)(H,22,23,24,27)/t16-/m0/s1. The fourth-order valence-corrected chi connectivity index (χ4v) is 3.01. The van der Waals surface area contributed by atoms with Gasteiger partial charge in [-0.25, -0.2) is 4.68 Å². The number of carbonyl (C=O) groups is 2. The maximum atomic E-state index is 12.4. The second-order valence-corrected chi connectivity index (χ2v) is 6.28. The number of anilines is 2. The highest BCUT2D eigenvalue weighted by Gasteiger charge is 2.35. The first-order valence-corrected chi connectivity index (χ1v) is 8.99. The molecular formula is C20H19N5O3. The lowest BCUT2D eigenvalue weighted by Gasteiger charge is -2.10. The second-order valence-electron chi connectivity index (χ2n) is 6.28. The van der Waals surface area contributed by atoms with Gasteiger partial charge in [0.05, 0.1) is 13.0 Å². The Morgan fingerprint density at radius 1 is 1.18 bits per heavy atom.